The number of benzene rings is 2. The Morgan fingerprint density at radius 3 is 2.62 bits per heavy atom. The van der Waals surface area contributed by atoms with Gasteiger partial charge >= 0.3 is 0 Å². The van der Waals surface area contributed by atoms with E-state index in [1.165, 1.54) is 12.8 Å². The number of imidazole rings is 1. The summed E-state index contributed by atoms with van der Waals surface area (Å²) >= 11 is 0. The van der Waals surface area contributed by atoms with Crippen LogP contribution in [0.3, 0.4) is 0 Å². The molecule has 34 heavy (non-hydrogen) atoms. The SMILES string of the molecule is CN(Cc1cnn(C)c1)C(=O)c1cc(NC(=O)c2ccccc2)cc2ncn(C3CCCC3)c12. The summed E-state index contributed by atoms with van der Waals surface area (Å²) in [5, 5.41) is 7.15. The number of nitrogens with one attached hydrogen (secondary N) is 1. The van der Waals surface area contributed by atoms with E-state index in [1.807, 2.05) is 43.8 Å². The zero-order chi connectivity index (χ0) is 23.7. The summed E-state index contributed by atoms with van der Waals surface area (Å²) in [6.07, 6.45) is 10.0. The fourth-order valence-electron chi connectivity index (χ4n) is 4.76. The molecule has 2 heterocycles. The van der Waals surface area contributed by atoms with Gasteiger partial charge in [0.05, 0.1) is 29.1 Å². The van der Waals surface area contributed by atoms with Crippen molar-refractivity contribution in [1.82, 2.24) is 24.2 Å². The molecule has 4 aromatic rings. The summed E-state index contributed by atoms with van der Waals surface area (Å²) in [5.41, 5.74) is 4.13. The molecule has 2 aromatic carbocycles. The van der Waals surface area contributed by atoms with E-state index in [0.29, 0.717) is 34.9 Å². The molecule has 0 aliphatic heterocycles. The van der Waals surface area contributed by atoms with Crippen molar-refractivity contribution >= 4 is 28.5 Å². The minimum absolute atomic E-state index is 0.121. The van der Waals surface area contributed by atoms with Gasteiger partial charge in [-0.05, 0) is 37.1 Å². The summed E-state index contributed by atoms with van der Waals surface area (Å²) in [4.78, 5) is 32.8. The summed E-state index contributed by atoms with van der Waals surface area (Å²) in [5.74, 6) is -0.346. The van der Waals surface area contributed by atoms with Crippen LogP contribution in [0.1, 0.15) is 58.0 Å². The Bertz CT molecular complexity index is 1330. The van der Waals surface area contributed by atoms with Gasteiger partial charge in [0, 0.05) is 49.7 Å². The number of nitrogens with zero attached hydrogens (tertiary/aromatic N) is 5. The Morgan fingerprint density at radius 2 is 1.91 bits per heavy atom. The molecule has 0 saturated heterocycles. The largest absolute Gasteiger partial charge is 0.337 e. The minimum atomic E-state index is -0.225. The average molecular weight is 457 g/mol. The molecule has 0 spiro atoms. The summed E-state index contributed by atoms with van der Waals surface area (Å²) in [6.45, 7) is 0.437. The third kappa shape index (κ3) is 4.31. The molecule has 5 rings (SSSR count). The summed E-state index contributed by atoms with van der Waals surface area (Å²) in [7, 11) is 3.64. The first-order valence-corrected chi connectivity index (χ1v) is 11.6. The number of hydrogen-bond donors (Lipinski definition) is 1. The quantitative estimate of drug-likeness (QED) is 0.466. The molecule has 1 N–H and O–H groups in total. The number of hydrogen-bond acceptors (Lipinski definition) is 4. The number of rotatable bonds is 6. The highest BCUT2D eigenvalue weighted by molar-refractivity contribution is 6.09. The number of aryl methyl sites for hydroxylation is 1. The molecule has 1 saturated carbocycles. The van der Waals surface area contributed by atoms with Gasteiger partial charge in [0.1, 0.15) is 0 Å². The van der Waals surface area contributed by atoms with Gasteiger partial charge in [-0.25, -0.2) is 4.98 Å². The molecule has 2 amide bonds. The third-order valence-electron chi connectivity index (χ3n) is 6.44. The van der Waals surface area contributed by atoms with Crippen LogP contribution in [-0.4, -0.2) is 43.1 Å². The van der Waals surface area contributed by atoms with Crippen LogP contribution < -0.4 is 5.32 Å². The molecule has 0 radical (unpaired) electrons. The van der Waals surface area contributed by atoms with Crippen molar-refractivity contribution in [3.05, 3.63) is 77.9 Å². The molecular weight excluding hydrogens is 428 g/mol. The molecule has 1 aliphatic carbocycles. The highest BCUT2D eigenvalue weighted by Gasteiger charge is 2.25. The van der Waals surface area contributed by atoms with E-state index in [4.69, 9.17) is 0 Å². The molecule has 2 aromatic heterocycles. The smallest absolute Gasteiger partial charge is 0.256 e. The van der Waals surface area contributed by atoms with Gasteiger partial charge in [-0.1, -0.05) is 31.0 Å². The van der Waals surface area contributed by atoms with Crippen LogP contribution in [0, 0.1) is 0 Å². The van der Waals surface area contributed by atoms with E-state index in [2.05, 4.69) is 20.0 Å². The van der Waals surface area contributed by atoms with Crippen molar-refractivity contribution in [3.8, 4) is 0 Å². The Morgan fingerprint density at radius 1 is 1.15 bits per heavy atom. The maximum atomic E-state index is 13.7. The first-order chi connectivity index (χ1) is 16.5. The first-order valence-electron chi connectivity index (χ1n) is 11.6. The topological polar surface area (TPSA) is 85.1 Å². The van der Waals surface area contributed by atoms with Gasteiger partial charge < -0.3 is 14.8 Å². The van der Waals surface area contributed by atoms with Crippen molar-refractivity contribution in [2.45, 2.75) is 38.3 Å². The van der Waals surface area contributed by atoms with E-state index < -0.39 is 0 Å². The van der Waals surface area contributed by atoms with Gasteiger partial charge in [0.2, 0.25) is 0 Å². The minimum Gasteiger partial charge on any atom is -0.337 e. The van der Waals surface area contributed by atoms with Crippen molar-refractivity contribution < 1.29 is 9.59 Å². The van der Waals surface area contributed by atoms with Crippen molar-refractivity contribution in [1.29, 1.82) is 0 Å². The molecular formula is C26H28N6O2. The lowest BCUT2D eigenvalue weighted by Crippen LogP contribution is -2.27. The lowest BCUT2D eigenvalue weighted by molar-refractivity contribution is 0.0786. The Balaban J connectivity index is 1.52. The van der Waals surface area contributed by atoms with Crippen LogP contribution in [0.15, 0.2) is 61.2 Å². The summed E-state index contributed by atoms with van der Waals surface area (Å²) in [6, 6.07) is 13.0. The number of anilines is 1. The predicted molar refractivity (Wildman–Crippen MR) is 131 cm³/mol. The van der Waals surface area contributed by atoms with E-state index >= 15 is 0 Å². The monoisotopic (exact) mass is 456 g/mol. The highest BCUT2D eigenvalue weighted by atomic mass is 16.2. The van der Waals surface area contributed by atoms with Crippen LogP contribution in [0.2, 0.25) is 0 Å². The fourth-order valence-corrected chi connectivity index (χ4v) is 4.76. The number of carbonyl (C=O) groups is 2. The van der Waals surface area contributed by atoms with E-state index in [9.17, 15) is 9.59 Å². The van der Waals surface area contributed by atoms with E-state index in [1.54, 1.807) is 41.0 Å². The van der Waals surface area contributed by atoms with Crippen LogP contribution in [0.25, 0.3) is 11.0 Å². The number of fused-ring (bicyclic) bond motifs is 1. The molecule has 174 valence electrons. The van der Waals surface area contributed by atoms with Crippen LogP contribution in [-0.2, 0) is 13.6 Å². The van der Waals surface area contributed by atoms with Gasteiger partial charge in [-0.15, -0.1) is 0 Å². The molecule has 8 nitrogen and oxygen atoms in total. The lowest BCUT2D eigenvalue weighted by atomic mass is 10.1. The normalized spacial score (nSPS) is 13.9. The van der Waals surface area contributed by atoms with Crippen molar-refractivity contribution in [2.24, 2.45) is 7.05 Å². The van der Waals surface area contributed by atoms with Crippen LogP contribution in [0.4, 0.5) is 5.69 Å². The van der Waals surface area contributed by atoms with Crippen LogP contribution >= 0.6 is 0 Å². The van der Waals surface area contributed by atoms with E-state index in [0.717, 1.165) is 23.9 Å². The standard InChI is InChI=1S/C26H28N6O2/c1-30(15-18-14-28-31(2)16-18)26(34)22-12-20(29-25(33)19-8-4-3-5-9-19)13-23-24(22)32(17-27-23)21-10-6-7-11-21/h3-5,8-9,12-14,16-17,21H,6-7,10-11,15H2,1-2H3,(H,29,33). The van der Waals surface area contributed by atoms with Crippen molar-refractivity contribution in [2.75, 3.05) is 12.4 Å². The molecule has 0 bridgehead atoms. The van der Waals surface area contributed by atoms with E-state index in [-0.39, 0.29) is 11.8 Å². The summed E-state index contributed by atoms with van der Waals surface area (Å²) < 4.78 is 3.87. The lowest BCUT2D eigenvalue weighted by Gasteiger charge is -2.20. The second kappa shape index (κ2) is 9.13. The maximum absolute atomic E-state index is 13.7. The number of amides is 2. The molecule has 1 fully saturated rings. The highest BCUT2D eigenvalue weighted by Crippen LogP contribution is 2.34. The number of carbonyl (C=O) groups excluding carboxylic acids is 2. The van der Waals surface area contributed by atoms with Gasteiger partial charge in [0.25, 0.3) is 11.8 Å². The molecule has 0 atom stereocenters. The zero-order valence-electron chi connectivity index (χ0n) is 19.4. The van der Waals surface area contributed by atoms with Gasteiger partial charge in [0.15, 0.2) is 0 Å². The fraction of sp³-hybridized carbons (Fsp3) is 0.308. The van der Waals surface area contributed by atoms with Crippen LogP contribution in [0.5, 0.6) is 0 Å². The Labute approximate surface area is 198 Å². The maximum Gasteiger partial charge on any atom is 0.256 e. The van der Waals surface area contributed by atoms with Gasteiger partial charge in [-0.2, -0.15) is 5.10 Å². The number of aromatic nitrogens is 4. The average Bonchev–Trinajstić information content (AvgIpc) is 3.59. The predicted octanol–water partition coefficient (Wildman–Crippen LogP) is 4.41. The van der Waals surface area contributed by atoms with Crippen molar-refractivity contribution in [3.63, 3.8) is 0 Å². The Hall–Kier alpha value is -3.94. The Kier molecular flexibility index (Phi) is 5.88. The second-order valence-electron chi connectivity index (χ2n) is 8.99. The first kappa shape index (κ1) is 21.9. The van der Waals surface area contributed by atoms with Gasteiger partial charge in [-0.3, -0.25) is 14.3 Å². The molecule has 8 heteroatoms. The third-order valence-corrected chi connectivity index (χ3v) is 6.44. The molecule has 0 unspecified atom stereocenters. The zero-order valence-corrected chi connectivity index (χ0v) is 19.4. The molecule has 1 aliphatic rings. The second-order valence-corrected chi connectivity index (χ2v) is 8.99.